The number of hydrogen-bond acceptors (Lipinski definition) is 5. The van der Waals surface area contributed by atoms with Crippen molar-refractivity contribution in [1.82, 2.24) is 19.8 Å². The number of aromatic nitrogens is 2. The summed E-state index contributed by atoms with van der Waals surface area (Å²) in [7, 11) is 0. The standard InChI is InChI=1S/C20H28N4O2S/c25-18(8-7-17-21-19(26)16-9-14-27-20(16)22-17)24-12-10-23(11-13-24)15-5-3-1-2-4-6-15/h9,14-15H,1-8,10-13H2,(H,21,22,26). The lowest BCUT2D eigenvalue weighted by molar-refractivity contribution is -0.133. The Morgan fingerprint density at radius 1 is 1.15 bits per heavy atom. The number of piperazine rings is 1. The Balaban J connectivity index is 1.28. The fourth-order valence-electron chi connectivity index (χ4n) is 4.37. The van der Waals surface area contributed by atoms with Gasteiger partial charge in [-0.2, -0.15) is 0 Å². The summed E-state index contributed by atoms with van der Waals surface area (Å²) in [6.45, 7) is 3.63. The van der Waals surface area contributed by atoms with E-state index in [1.54, 1.807) is 6.07 Å². The lowest BCUT2D eigenvalue weighted by Crippen LogP contribution is -2.51. The van der Waals surface area contributed by atoms with Gasteiger partial charge in [-0.05, 0) is 24.3 Å². The Labute approximate surface area is 163 Å². The number of rotatable bonds is 4. The first-order chi connectivity index (χ1) is 13.2. The molecule has 1 saturated heterocycles. The van der Waals surface area contributed by atoms with E-state index in [0.717, 1.165) is 37.1 Å². The van der Waals surface area contributed by atoms with Crippen molar-refractivity contribution in [3.63, 3.8) is 0 Å². The number of fused-ring (bicyclic) bond motifs is 1. The van der Waals surface area contributed by atoms with Gasteiger partial charge in [-0.25, -0.2) is 4.98 Å². The first-order valence-electron chi connectivity index (χ1n) is 10.2. The second-order valence-electron chi connectivity index (χ2n) is 7.71. The maximum atomic E-state index is 12.6. The molecule has 0 atom stereocenters. The summed E-state index contributed by atoms with van der Waals surface area (Å²) < 4.78 is 0. The van der Waals surface area contributed by atoms with E-state index < -0.39 is 0 Å². The molecule has 1 aliphatic heterocycles. The molecule has 0 unspecified atom stereocenters. The Kier molecular flexibility index (Phi) is 5.88. The van der Waals surface area contributed by atoms with Crippen LogP contribution >= 0.6 is 11.3 Å². The summed E-state index contributed by atoms with van der Waals surface area (Å²) in [4.78, 5) is 37.2. The summed E-state index contributed by atoms with van der Waals surface area (Å²) in [6.07, 6.45) is 8.99. The number of carbonyl (C=O) groups excluding carboxylic acids is 1. The third kappa shape index (κ3) is 4.41. The van der Waals surface area contributed by atoms with Crippen molar-refractivity contribution < 1.29 is 4.79 Å². The molecule has 27 heavy (non-hydrogen) atoms. The molecule has 1 N–H and O–H groups in total. The van der Waals surface area contributed by atoms with E-state index in [4.69, 9.17) is 0 Å². The second kappa shape index (κ2) is 8.52. The maximum absolute atomic E-state index is 12.6. The molecule has 6 nitrogen and oxygen atoms in total. The minimum absolute atomic E-state index is 0.110. The highest BCUT2D eigenvalue weighted by Gasteiger charge is 2.26. The number of aromatic amines is 1. The molecule has 2 fully saturated rings. The van der Waals surface area contributed by atoms with Crippen LogP contribution in [0.3, 0.4) is 0 Å². The minimum Gasteiger partial charge on any atom is -0.340 e. The molecule has 3 heterocycles. The SMILES string of the molecule is O=C(CCc1nc2sccc2c(=O)[nH]1)N1CCN(C2CCCCCC2)CC1. The van der Waals surface area contributed by atoms with Crippen molar-refractivity contribution in [2.24, 2.45) is 0 Å². The van der Waals surface area contributed by atoms with Crippen LogP contribution in [-0.4, -0.2) is 57.9 Å². The molecular weight excluding hydrogens is 360 g/mol. The van der Waals surface area contributed by atoms with E-state index in [0.29, 0.717) is 24.1 Å². The van der Waals surface area contributed by atoms with E-state index in [1.165, 1.54) is 49.9 Å². The zero-order chi connectivity index (χ0) is 18.6. The first kappa shape index (κ1) is 18.6. The third-order valence-corrected chi connectivity index (χ3v) is 6.77. The highest BCUT2D eigenvalue weighted by molar-refractivity contribution is 7.16. The van der Waals surface area contributed by atoms with Crippen LogP contribution in [0.4, 0.5) is 0 Å². The van der Waals surface area contributed by atoms with Crippen molar-refractivity contribution in [3.05, 3.63) is 27.6 Å². The number of nitrogens with one attached hydrogen (secondary N) is 1. The van der Waals surface area contributed by atoms with Crippen molar-refractivity contribution >= 4 is 27.5 Å². The van der Waals surface area contributed by atoms with Crippen LogP contribution in [0.2, 0.25) is 0 Å². The van der Waals surface area contributed by atoms with Crippen LogP contribution in [0.1, 0.15) is 50.8 Å². The maximum Gasteiger partial charge on any atom is 0.259 e. The van der Waals surface area contributed by atoms with Gasteiger partial charge in [-0.15, -0.1) is 11.3 Å². The average Bonchev–Trinajstić information content (AvgIpc) is 3.00. The molecule has 146 valence electrons. The molecule has 0 spiro atoms. The van der Waals surface area contributed by atoms with Crippen molar-refractivity contribution in [2.75, 3.05) is 26.2 Å². The number of thiophene rings is 1. The van der Waals surface area contributed by atoms with Gasteiger partial charge in [-0.3, -0.25) is 14.5 Å². The van der Waals surface area contributed by atoms with Crippen molar-refractivity contribution in [2.45, 2.75) is 57.4 Å². The summed E-state index contributed by atoms with van der Waals surface area (Å²) in [6, 6.07) is 2.51. The topological polar surface area (TPSA) is 69.3 Å². The number of carbonyl (C=O) groups is 1. The third-order valence-electron chi connectivity index (χ3n) is 5.97. The number of H-pyrrole nitrogens is 1. The van der Waals surface area contributed by atoms with Gasteiger partial charge >= 0.3 is 0 Å². The fourth-order valence-corrected chi connectivity index (χ4v) is 5.15. The Bertz CT molecular complexity index is 830. The molecule has 2 aromatic rings. The van der Waals surface area contributed by atoms with E-state index in [-0.39, 0.29) is 11.5 Å². The second-order valence-corrected chi connectivity index (χ2v) is 8.61. The summed E-state index contributed by atoms with van der Waals surface area (Å²) >= 11 is 1.46. The Morgan fingerprint density at radius 2 is 1.89 bits per heavy atom. The molecule has 0 bridgehead atoms. The van der Waals surface area contributed by atoms with Gasteiger partial charge in [0.25, 0.3) is 5.56 Å². The zero-order valence-electron chi connectivity index (χ0n) is 15.8. The van der Waals surface area contributed by atoms with Gasteiger partial charge in [0.2, 0.25) is 5.91 Å². The molecular formula is C20H28N4O2S. The zero-order valence-corrected chi connectivity index (χ0v) is 16.6. The predicted molar refractivity (Wildman–Crippen MR) is 108 cm³/mol. The lowest BCUT2D eigenvalue weighted by atomic mass is 10.1. The van der Waals surface area contributed by atoms with E-state index in [2.05, 4.69) is 14.9 Å². The van der Waals surface area contributed by atoms with Gasteiger partial charge in [0.05, 0.1) is 5.39 Å². The van der Waals surface area contributed by atoms with Gasteiger partial charge in [0.1, 0.15) is 10.7 Å². The van der Waals surface area contributed by atoms with E-state index >= 15 is 0 Å². The quantitative estimate of drug-likeness (QED) is 0.818. The van der Waals surface area contributed by atoms with Crippen molar-refractivity contribution in [3.8, 4) is 0 Å². The van der Waals surface area contributed by atoms with Crippen LogP contribution < -0.4 is 5.56 Å². The number of aryl methyl sites for hydroxylation is 1. The number of hydrogen-bond donors (Lipinski definition) is 1. The van der Waals surface area contributed by atoms with Gasteiger partial charge in [0, 0.05) is 45.1 Å². The van der Waals surface area contributed by atoms with Gasteiger partial charge in [0.15, 0.2) is 0 Å². The van der Waals surface area contributed by atoms with E-state index in [1.807, 2.05) is 10.3 Å². The van der Waals surface area contributed by atoms with Gasteiger partial charge in [-0.1, -0.05) is 25.7 Å². The Hall–Kier alpha value is -1.73. The van der Waals surface area contributed by atoms with Crippen LogP contribution in [0.25, 0.3) is 10.2 Å². The van der Waals surface area contributed by atoms with Crippen LogP contribution in [0, 0.1) is 0 Å². The lowest BCUT2D eigenvalue weighted by Gasteiger charge is -2.39. The highest BCUT2D eigenvalue weighted by Crippen LogP contribution is 2.23. The van der Waals surface area contributed by atoms with Crippen LogP contribution in [0.15, 0.2) is 16.2 Å². The summed E-state index contributed by atoms with van der Waals surface area (Å²) in [5, 5.41) is 2.50. The smallest absolute Gasteiger partial charge is 0.259 e. The monoisotopic (exact) mass is 388 g/mol. The molecule has 1 amide bonds. The van der Waals surface area contributed by atoms with Crippen LogP contribution in [0.5, 0.6) is 0 Å². The molecule has 0 radical (unpaired) electrons. The minimum atomic E-state index is -0.110. The highest BCUT2D eigenvalue weighted by atomic mass is 32.1. The molecule has 4 rings (SSSR count). The molecule has 1 saturated carbocycles. The number of nitrogens with zero attached hydrogens (tertiary/aromatic N) is 3. The molecule has 0 aromatic carbocycles. The largest absolute Gasteiger partial charge is 0.340 e. The predicted octanol–water partition coefficient (Wildman–Crippen LogP) is 2.78. The summed E-state index contributed by atoms with van der Waals surface area (Å²) in [5.41, 5.74) is -0.110. The van der Waals surface area contributed by atoms with Gasteiger partial charge < -0.3 is 9.88 Å². The van der Waals surface area contributed by atoms with Crippen molar-refractivity contribution in [1.29, 1.82) is 0 Å². The fraction of sp³-hybridized carbons (Fsp3) is 0.650. The normalized spacial score (nSPS) is 20.1. The molecule has 1 aliphatic carbocycles. The summed E-state index contributed by atoms with van der Waals surface area (Å²) in [5.74, 6) is 0.782. The van der Waals surface area contributed by atoms with E-state index in [9.17, 15) is 9.59 Å². The first-order valence-corrected chi connectivity index (χ1v) is 11.1. The molecule has 2 aromatic heterocycles. The van der Waals surface area contributed by atoms with Crippen LogP contribution in [-0.2, 0) is 11.2 Å². The number of amides is 1. The Morgan fingerprint density at radius 3 is 2.63 bits per heavy atom. The molecule has 2 aliphatic rings. The average molecular weight is 389 g/mol. The molecule has 7 heteroatoms.